The molecule has 148 valence electrons. The maximum Gasteiger partial charge on any atom is 0.420 e. The van der Waals surface area contributed by atoms with E-state index in [-0.39, 0.29) is 11.8 Å². The Hall–Kier alpha value is -2.73. The van der Waals surface area contributed by atoms with E-state index in [0.29, 0.717) is 12.2 Å². The number of benzene rings is 2. The lowest BCUT2D eigenvalue weighted by molar-refractivity contribution is 0.167. The van der Waals surface area contributed by atoms with E-state index < -0.39 is 0 Å². The lowest BCUT2D eigenvalue weighted by Crippen LogP contribution is -2.38. The highest BCUT2D eigenvalue weighted by molar-refractivity contribution is 5.72. The number of methoxy groups -OCH3 is 1. The zero-order valence-electron chi connectivity index (χ0n) is 16.4. The molecular weight excluding hydrogens is 356 g/mol. The van der Waals surface area contributed by atoms with Crippen molar-refractivity contribution in [1.82, 2.24) is 9.47 Å². The lowest BCUT2D eigenvalue weighted by Gasteiger charge is -2.33. The largest absolute Gasteiger partial charge is 0.493 e. The van der Waals surface area contributed by atoms with Crippen LogP contribution in [0.1, 0.15) is 31.4 Å². The zero-order chi connectivity index (χ0) is 19.5. The van der Waals surface area contributed by atoms with Gasteiger partial charge in [0.15, 0.2) is 17.1 Å². The molecule has 2 aromatic carbocycles. The first-order chi connectivity index (χ1) is 13.7. The van der Waals surface area contributed by atoms with Crippen molar-refractivity contribution in [2.75, 3.05) is 26.8 Å². The molecule has 6 nitrogen and oxygen atoms in total. The van der Waals surface area contributed by atoms with Gasteiger partial charge in [-0.15, -0.1) is 0 Å². The van der Waals surface area contributed by atoms with Crippen molar-refractivity contribution in [1.29, 1.82) is 0 Å². The standard InChI is InChI=1S/C22H26N2O4/c1-3-27-21-13-16(10-11-20(21)26-2)14-23-12-6-7-17(15-23)24-18-8-4-5-9-19(18)28-22(24)25/h4-5,8-11,13,17H,3,6-7,12,14-15H2,1-2H3. The SMILES string of the molecule is CCOc1cc(CN2CCCC(n3c(=O)oc4ccccc43)C2)ccc1OC. The molecule has 0 bridgehead atoms. The molecule has 0 saturated carbocycles. The van der Waals surface area contributed by atoms with Crippen LogP contribution in [0.2, 0.25) is 0 Å². The van der Waals surface area contributed by atoms with Gasteiger partial charge >= 0.3 is 5.76 Å². The maximum atomic E-state index is 12.4. The topological polar surface area (TPSA) is 56.8 Å². The van der Waals surface area contributed by atoms with Crippen LogP contribution in [0.3, 0.4) is 0 Å². The van der Waals surface area contributed by atoms with Crippen molar-refractivity contribution in [3.8, 4) is 11.5 Å². The van der Waals surface area contributed by atoms with Gasteiger partial charge in [-0.05, 0) is 56.1 Å². The van der Waals surface area contributed by atoms with Crippen molar-refractivity contribution in [3.05, 3.63) is 58.6 Å². The minimum Gasteiger partial charge on any atom is -0.493 e. The van der Waals surface area contributed by atoms with Gasteiger partial charge in [-0.3, -0.25) is 9.47 Å². The molecule has 0 aliphatic carbocycles. The Kier molecular flexibility index (Phi) is 5.39. The summed E-state index contributed by atoms with van der Waals surface area (Å²) in [5, 5.41) is 0. The van der Waals surface area contributed by atoms with Crippen LogP contribution in [0.25, 0.3) is 11.1 Å². The molecular formula is C22H26N2O4. The highest BCUT2D eigenvalue weighted by Gasteiger charge is 2.25. The monoisotopic (exact) mass is 382 g/mol. The molecule has 3 aromatic rings. The molecule has 1 unspecified atom stereocenters. The minimum atomic E-state index is -0.267. The summed E-state index contributed by atoms with van der Waals surface area (Å²) in [5.74, 6) is 1.25. The van der Waals surface area contributed by atoms with E-state index in [2.05, 4.69) is 11.0 Å². The van der Waals surface area contributed by atoms with E-state index >= 15 is 0 Å². The number of ether oxygens (including phenoxy) is 2. The Balaban J connectivity index is 1.54. The van der Waals surface area contributed by atoms with Crippen LogP contribution in [0.4, 0.5) is 0 Å². The van der Waals surface area contributed by atoms with Gasteiger partial charge in [-0.1, -0.05) is 18.2 Å². The minimum absolute atomic E-state index is 0.120. The van der Waals surface area contributed by atoms with Gasteiger partial charge < -0.3 is 13.9 Å². The first-order valence-electron chi connectivity index (χ1n) is 9.81. The van der Waals surface area contributed by atoms with Crippen LogP contribution in [0.5, 0.6) is 11.5 Å². The molecule has 28 heavy (non-hydrogen) atoms. The van der Waals surface area contributed by atoms with E-state index in [1.54, 1.807) is 7.11 Å². The third-order valence-corrected chi connectivity index (χ3v) is 5.30. The number of rotatable bonds is 6. The second kappa shape index (κ2) is 8.10. The third-order valence-electron chi connectivity index (χ3n) is 5.30. The number of aromatic nitrogens is 1. The molecule has 1 aromatic heterocycles. The summed E-state index contributed by atoms with van der Waals surface area (Å²) in [4.78, 5) is 14.8. The second-order valence-electron chi connectivity index (χ2n) is 7.16. The van der Waals surface area contributed by atoms with Crippen LogP contribution >= 0.6 is 0 Å². The van der Waals surface area contributed by atoms with Gasteiger partial charge in [0.05, 0.1) is 25.3 Å². The zero-order valence-corrected chi connectivity index (χ0v) is 16.4. The number of likely N-dealkylation sites (tertiary alicyclic amines) is 1. The van der Waals surface area contributed by atoms with E-state index in [0.717, 1.165) is 49.5 Å². The van der Waals surface area contributed by atoms with Gasteiger partial charge in [0.2, 0.25) is 0 Å². The van der Waals surface area contributed by atoms with Gasteiger partial charge in [-0.2, -0.15) is 0 Å². The van der Waals surface area contributed by atoms with Crippen molar-refractivity contribution in [2.24, 2.45) is 0 Å². The number of hydrogen-bond acceptors (Lipinski definition) is 5. The molecule has 1 aliphatic heterocycles. The third kappa shape index (κ3) is 3.64. The van der Waals surface area contributed by atoms with E-state index in [9.17, 15) is 4.79 Å². The number of fused-ring (bicyclic) bond motifs is 1. The van der Waals surface area contributed by atoms with E-state index in [1.807, 2.05) is 47.9 Å². The van der Waals surface area contributed by atoms with Crippen molar-refractivity contribution in [2.45, 2.75) is 32.4 Å². The maximum absolute atomic E-state index is 12.4. The molecule has 0 spiro atoms. The number of para-hydroxylation sites is 2. The van der Waals surface area contributed by atoms with Crippen LogP contribution in [-0.4, -0.2) is 36.3 Å². The Morgan fingerprint density at radius 3 is 2.86 bits per heavy atom. The summed E-state index contributed by atoms with van der Waals surface area (Å²) in [6, 6.07) is 13.8. The smallest absolute Gasteiger partial charge is 0.420 e. The van der Waals surface area contributed by atoms with Crippen LogP contribution in [0, 0.1) is 0 Å². The van der Waals surface area contributed by atoms with Crippen molar-refractivity contribution < 1.29 is 13.9 Å². The molecule has 0 amide bonds. The number of hydrogen-bond donors (Lipinski definition) is 0. The Bertz CT molecular complexity index is 1010. The lowest BCUT2D eigenvalue weighted by atomic mass is 10.0. The summed E-state index contributed by atoms with van der Waals surface area (Å²) in [7, 11) is 1.65. The molecule has 1 atom stereocenters. The molecule has 6 heteroatoms. The highest BCUT2D eigenvalue weighted by Crippen LogP contribution is 2.30. The van der Waals surface area contributed by atoms with Gasteiger partial charge in [-0.25, -0.2) is 4.79 Å². The summed E-state index contributed by atoms with van der Waals surface area (Å²) >= 11 is 0. The molecule has 0 radical (unpaired) electrons. The molecule has 2 heterocycles. The molecule has 0 N–H and O–H groups in total. The predicted molar refractivity (Wildman–Crippen MR) is 108 cm³/mol. The molecule has 1 aliphatic rings. The molecule has 1 fully saturated rings. The Morgan fingerprint density at radius 2 is 2.04 bits per heavy atom. The summed E-state index contributed by atoms with van der Waals surface area (Å²) < 4.78 is 18.3. The van der Waals surface area contributed by atoms with Crippen LogP contribution < -0.4 is 15.2 Å². The first kappa shape index (κ1) is 18.6. The predicted octanol–water partition coefficient (Wildman–Crippen LogP) is 3.84. The average Bonchev–Trinajstić information content (AvgIpc) is 3.04. The summed E-state index contributed by atoms with van der Waals surface area (Å²) in [6.45, 7) is 5.21. The Morgan fingerprint density at radius 1 is 1.18 bits per heavy atom. The molecule has 4 rings (SSSR count). The molecule has 1 saturated heterocycles. The van der Waals surface area contributed by atoms with Crippen molar-refractivity contribution >= 4 is 11.1 Å². The van der Waals surface area contributed by atoms with E-state index in [1.165, 1.54) is 5.56 Å². The van der Waals surface area contributed by atoms with E-state index in [4.69, 9.17) is 13.9 Å². The van der Waals surface area contributed by atoms with Crippen LogP contribution in [0.15, 0.2) is 51.7 Å². The van der Waals surface area contributed by atoms with Crippen molar-refractivity contribution in [3.63, 3.8) is 0 Å². The fourth-order valence-electron chi connectivity index (χ4n) is 4.06. The fraction of sp³-hybridized carbons (Fsp3) is 0.409. The average molecular weight is 382 g/mol. The van der Waals surface area contributed by atoms with Gasteiger partial charge in [0.1, 0.15) is 0 Å². The summed E-state index contributed by atoms with van der Waals surface area (Å²) in [6.07, 6.45) is 2.03. The van der Waals surface area contributed by atoms with Gasteiger partial charge in [0, 0.05) is 13.1 Å². The second-order valence-corrected chi connectivity index (χ2v) is 7.16. The Labute approximate surface area is 164 Å². The number of nitrogens with zero attached hydrogens (tertiary/aromatic N) is 2. The quantitative estimate of drug-likeness (QED) is 0.648. The van der Waals surface area contributed by atoms with Crippen LogP contribution in [-0.2, 0) is 6.54 Å². The first-order valence-corrected chi connectivity index (χ1v) is 9.81. The highest BCUT2D eigenvalue weighted by atomic mass is 16.5. The normalized spacial score (nSPS) is 17.7. The number of piperidine rings is 1. The fourth-order valence-corrected chi connectivity index (χ4v) is 4.06. The number of oxazole rings is 1. The van der Waals surface area contributed by atoms with Gasteiger partial charge in [0.25, 0.3) is 0 Å². The summed E-state index contributed by atoms with van der Waals surface area (Å²) in [5.41, 5.74) is 2.71.